The fourth-order valence-corrected chi connectivity index (χ4v) is 2.86. The second-order valence-corrected chi connectivity index (χ2v) is 6.28. The maximum Gasteiger partial charge on any atom is 0.281 e. The van der Waals surface area contributed by atoms with Gasteiger partial charge in [0.15, 0.2) is 11.5 Å². The van der Waals surface area contributed by atoms with Crippen molar-refractivity contribution < 1.29 is 14.2 Å². The highest BCUT2D eigenvalue weighted by Gasteiger charge is 2.47. The molecule has 2 aromatic carbocycles. The molecule has 0 saturated carbocycles. The minimum Gasteiger partial charge on any atom is -0.753 e. The van der Waals surface area contributed by atoms with Gasteiger partial charge in [-0.15, -0.1) is 0 Å². The number of rotatable bonds is 2. The van der Waals surface area contributed by atoms with E-state index in [1.165, 1.54) is 0 Å². The fourth-order valence-electron chi connectivity index (χ4n) is 2.86. The van der Waals surface area contributed by atoms with E-state index in [1.54, 1.807) is 26.0 Å². The third-order valence-corrected chi connectivity index (χ3v) is 4.30. The van der Waals surface area contributed by atoms with Gasteiger partial charge in [-0.1, -0.05) is 18.2 Å². The second-order valence-electron chi connectivity index (χ2n) is 6.28. The third kappa shape index (κ3) is 2.15. The van der Waals surface area contributed by atoms with Crippen molar-refractivity contribution in [1.82, 2.24) is 0 Å². The Balaban J connectivity index is 1.63. The summed E-state index contributed by atoms with van der Waals surface area (Å²) >= 11 is 0. The first-order valence-corrected chi connectivity index (χ1v) is 7.63. The van der Waals surface area contributed by atoms with Crippen molar-refractivity contribution in [3.05, 3.63) is 57.6 Å². The molecular formula is C18H16N2O4. The smallest absolute Gasteiger partial charge is 0.281 e. The summed E-state index contributed by atoms with van der Waals surface area (Å²) in [5.74, 6) is 1.46. The number of hydrogen-bond acceptors (Lipinski definition) is 5. The lowest BCUT2D eigenvalue weighted by molar-refractivity contribution is -0.532. The molecule has 0 radical (unpaired) electrons. The van der Waals surface area contributed by atoms with Gasteiger partial charge in [-0.2, -0.15) is 0 Å². The normalized spacial score (nSPS) is 17.6. The summed E-state index contributed by atoms with van der Waals surface area (Å²) in [5.41, 5.74) is 1.48. The zero-order valence-corrected chi connectivity index (χ0v) is 13.4. The number of hydrogen-bond donors (Lipinski definition) is 0. The topological polar surface area (TPSA) is 64.8 Å². The van der Waals surface area contributed by atoms with Crippen LogP contribution in [-0.2, 0) is 0 Å². The highest BCUT2D eigenvalue weighted by Crippen LogP contribution is 2.43. The molecule has 0 aliphatic carbocycles. The molecule has 2 aliphatic heterocycles. The Kier molecular flexibility index (Phi) is 3.11. The van der Waals surface area contributed by atoms with E-state index in [-0.39, 0.29) is 6.79 Å². The molecule has 0 spiro atoms. The second kappa shape index (κ2) is 5.07. The highest BCUT2D eigenvalue weighted by atomic mass is 16.7. The van der Waals surface area contributed by atoms with Crippen molar-refractivity contribution >= 4 is 23.5 Å². The van der Waals surface area contributed by atoms with E-state index in [0.29, 0.717) is 11.4 Å². The van der Waals surface area contributed by atoms with Crippen LogP contribution in [0, 0.1) is 10.1 Å². The van der Waals surface area contributed by atoms with Crippen LogP contribution >= 0.6 is 0 Å². The van der Waals surface area contributed by atoms with E-state index < -0.39 is 5.66 Å². The van der Waals surface area contributed by atoms with Gasteiger partial charge in [0, 0.05) is 24.8 Å². The maximum atomic E-state index is 12.3. The summed E-state index contributed by atoms with van der Waals surface area (Å²) in [6.45, 7) is 3.46. The van der Waals surface area contributed by atoms with Crippen LogP contribution in [-0.4, -0.2) is 17.2 Å². The molecule has 0 fully saturated rings. The summed E-state index contributed by atoms with van der Waals surface area (Å²) in [7, 11) is 0. The minimum atomic E-state index is -1.12. The van der Waals surface area contributed by atoms with Gasteiger partial charge < -0.3 is 19.7 Å². The molecule has 24 heavy (non-hydrogen) atoms. The van der Waals surface area contributed by atoms with Crippen molar-refractivity contribution in [3.63, 3.8) is 0 Å². The Labute approximate surface area is 139 Å². The number of anilines is 1. The van der Waals surface area contributed by atoms with Gasteiger partial charge in [0.25, 0.3) is 11.4 Å². The molecular weight excluding hydrogens is 308 g/mol. The van der Waals surface area contributed by atoms with Crippen LogP contribution < -0.4 is 14.5 Å². The summed E-state index contributed by atoms with van der Waals surface area (Å²) in [6, 6.07) is 10.9. The zero-order valence-electron chi connectivity index (χ0n) is 13.4. The van der Waals surface area contributed by atoms with E-state index in [1.807, 2.05) is 36.4 Å². The molecule has 0 bridgehead atoms. The molecule has 4 rings (SSSR count). The summed E-state index contributed by atoms with van der Waals surface area (Å²) < 4.78 is 11.4. The Morgan fingerprint density at radius 3 is 2.54 bits per heavy atom. The van der Waals surface area contributed by atoms with E-state index in [2.05, 4.69) is 0 Å². The highest BCUT2D eigenvalue weighted by molar-refractivity contribution is 5.77. The van der Waals surface area contributed by atoms with Crippen molar-refractivity contribution in [1.29, 1.82) is 0 Å². The van der Waals surface area contributed by atoms with Gasteiger partial charge in [0.2, 0.25) is 6.79 Å². The molecule has 0 unspecified atom stereocenters. The molecule has 2 aliphatic rings. The molecule has 6 heteroatoms. The van der Waals surface area contributed by atoms with E-state index >= 15 is 0 Å². The Hall–Kier alpha value is -2.86. The largest absolute Gasteiger partial charge is 0.753 e. The first kappa shape index (κ1) is 14.7. The Bertz CT molecular complexity index is 873. The number of fused-ring (bicyclic) bond motifs is 2. The van der Waals surface area contributed by atoms with Crippen LogP contribution in [0.3, 0.4) is 0 Å². The zero-order chi connectivity index (χ0) is 16.9. The van der Waals surface area contributed by atoms with Crippen LogP contribution in [0.2, 0.25) is 0 Å². The molecule has 0 aromatic heterocycles. The molecule has 0 atom stereocenters. The SMILES string of the molecule is CC1(C)N([O-])c2cc(/C=C/c3ccc4c(c3)OCO4)ccc2[N+]1=O. The third-order valence-electron chi connectivity index (χ3n) is 4.30. The van der Waals surface area contributed by atoms with Gasteiger partial charge in [-0.3, -0.25) is 0 Å². The summed E-state index contributed by atoms with van der Waals surface area (Å²) in [6.07, 6.45) is 3.82. The van der Waals surface area contributed by atoms with Crippen LogP contribution in [0.5, 0.6) is 11.5 Å². The van der Waals surface area contributed by atoms with Crippen LogP contribution in [0.25, 0.3) is 12.2 Å². The van der Waals surface area contributed by atoms with Gasteiger partial charge in [-0.25, -0.2) is 0 Å². The predicted molar refractivity (Wildman–Crippen MR) is 91.1 cm³/mol. The van der Waals surface area contributed by atoms with Gasteiger partial charge in [-0.05, 0) is 35.4 Å². The van der Waals surface area contributed by atoms with E-state index in [0.717, 1.165) is 32.4 Å². The monoisotopic (exact) mass is 324 g/mol. The number of ether oxygens (including phenoxy) is 2. The first-order valence-electron chi connectivity index (χ1n) is 7.63. The van der Waals surface area contributed by atoms with E-state index in [4.69, 9.17) is 9.47 Å². The van der Waals surface area contributed by atoms with Gasteiger partial charge >= 0.3 is 0 Å². The van der Waals surface area contributed by atoms with E-state index in [9.17, 15) is 10.1 Å². The minimum absolute atomic E-state index is 0.244. The van der Waals surface area contributed by atoms with Crippen LogP contribution in [0.15, 0.2) is 36.4 Å². The predicted octanol–water partition coefficient (Wildman–Crippen LogP) is 4.05. The van der Waals surface area contributed by atoms with Crippen molar-refractivity contribution in [2.24, 2.45) is 0 Å². The van der Waals surface area contributed by atoms with Gasteiger partial charge in [0.1, 0.15) is 5.69 Å². The number of hydroxylamine groups is 1. The summed E-state index contributed by atoms with van der Waals surface area (Å²) in [5, 5.41) is 13.1. The van der Waals surface area contributed by atoms with Crippen molar-refractivity contribution in [2.45, 2.75) is 19.5 Å². The van der Waals surface area contributed by atoms with Crippen LogP contribution in [0.4, 0.5) is 11.4 Å². The standard InChI is InChI=1S/C18H16N2O4/c1-18(2)19(21)14-7-5-12(9-15(14)20(18)22)3-4-13-6-8-16-17(10-13)24-11-23-16/h3-10H,11H2,1-2H3/b4-3+. The lowest BCUT2D eigenvalue weighted by atomic mass is 10.1. The number of benzene rings is 2. The molecule has 2 heterocycles. The molecule has 0 N–H and O–H groups in total. The molecule has 122 valence electrons. The quantitative estimate of drug-likeness (QED) is 0.616. The van der Waals surface area contributed by atoms with Crippen molar-refractivity contribution in [3.8, 4) is 11.5 Å². The van der Waals surface area contributed by atoms with Crippen LogP contribution in [0.1, 0.15) is 25.0 Å². The Morgan fingerprint density at radius 1 is 1.08 bits per heavy atom. The molecule has 6 nitrogen and oxygen atoms in total. The number of nitroso groups, excluding NO2 is 1. The lowest BCUT2D eigenvalue weighted by Crippen LogP contribution is -2.41. The van der Waals surface area contributed by atoms with Crippen molar-refractivity contribution in [2.75, 3.05) is 11.9 Å². The maximum absolute atomic E-state index is 12.3. The fraction of sp³-hybridized carbons (Fsp3) is 0.222. The van der Waals surface area contributed by atoms with Gasteiger partial charge in [0.05, 0.1) is 4.76 Å². The summed E-state index contributed by atoms with van der Waals surface area (Å²) in [4.78, 5) is 12.2. The average molecular weight is 324 g/mol. The molecule has 0 saturated heterocycles. The number of nitrogens with zero attached hydrogens (tertiary/aromatic N) is 2. The Morgan fingerprint density at radius 2 is 1.75 bits per heavy atom. The first-order chi connectivity index (χ1) is 11.5. The molecule has 0 amide bonds. The lowest BCUT2D eigenvalue weighted by Gasteiger charge is -2.30. The average Bonchev–Trinajstić information content (AvgIpc) is 3.11. The molecule has 2 aromatic rings.